The van der Waals surface area contributed by atoms with E-state index in [2.05, 4.69) is 41.5 Å². The van der Waals surface area contributed by atoms with E-state index < -0.39 is 97.5 Å². The van der Waals surface area contributed by atoms with E-state index in [9.17, 15) is 43.2 Å². The molecule has 0 amide bonds. The van der Waals surface area contributed by atoms with E-state index in [1.54, 1.807) is 0 Å². The van der Waals surface area contributed by atoms with Crippen LogP contribution in [0.15, 0.2) is 0 Å². The van der Waals surface area contributed by atoms with Gasteiger partial charge in [0, 0.05) is 25.7 Å². The number of hydrogen-bond acceptors (Lipinski definition) is 15. The van der Waals surface area contributed by atoms with Gasteiger partial charge in [-0.25, -0.2) is 9.13 Å². The smallest absolute Gasteiger partial charge is 0.462 e. The Morgan fingerprint density at radius 1 is 0.267 bits per heavy atom. The van der Waals surface area contributed by atoms with Crippen molar-refractivity contribution in [2.75, 3.05) is 39.6 Å². The van der Waals surface area contributed by atoms with Crippen LogP contribution in [0, 0.1) is 11.8 Å². The van der Waals surface area contributed by atoms with Gasteiger partial charge in [-0.3, -0.25) is 37.3 Å². The molecule has 17 nitrogen and oxygen atoms in total. The summed E-state index contributed by atoms with van der Waals surface area (Å²) in [7, 11) is -9.93. The first kappa shape index (κ1) is 103. The zero-order valence-electron chi connectivity index (χ0n) is 69.0. The molecule has 0 heterocycles. The lowest BCUT2D eigenvalue weighted by Gasteiger charge is -2.21. The molecule has 0 aromatic rings. The zero-order chi connectivity index (χ0) is 77.1. The topological polar surface area (TPSA) is 237 Å². The van der Waals surface area contributed by atoms with Crippen molar-refractivity contribution in [1.82, 2.24) is 0 Å². The number of ether oxygens (including phenoxy) is 4. The molecule has 0 aliphatic heterocycles. The van der Waals surface area contributed by atoms with Crippen molar-refractivity contribution >= 4 is 39.5 Å². The summed E-state index contributed by atoms with van der Waals surface area (Å²) in [6.07, 6.45) is 69.4. The minimum absolute atomic E-state index is 0.108. The van der Waals surface area contributed by atoms with Crippen molar-refractivity contribution in [2.24, 2.45) is 11.8 Å². The number of phosphoric ester groups is 2. The van der Waals surface area contributed by atoms with Gasteiger partial charge in [-0.1, -0.05) is 408 Å². The first-order valence-corrected chi connectivity index (χ1v) is 47.6. The van der Waals surface area contributed by atoms with Gasteiger partial charge in [0.15, 0.2) is 12.2 Å². The Morgan fingerprint density at radius 2 is 0.457 bits per heavy atom. The van der Waals surface area contributed by atoms with Crippen LogP contribution in [0.5, 0.6) is 0 Å². The molecule has 0 aliphatic carbocycles. The SMILES string of the molecule is CCCCCCCCCCCCCCCCCCCC(=O)OC[C@H](COP(=O)(O)OC[C@@H](O)COP(=O)(O)OC[C@@H](COC(=O)CCCCCCCCC(C)CC)OC(=O)CCCCCCCCCCCCCCCCCC)OC(=O)CCCCCCCCCCCCCCCCCCCCC(C)CC. The Kier molecular flexibility index (Phi) is 76.0. The summed E-state index contributed by atoms with van der Waals surface area (Å²) in [6.45, 7) is 9.70. The van der Waals surface area contributed by atoms with Gasteiger partial charge >= 0.3 is 39.5 Å². The van der Waals surface area contributed by atoms with Crippen LogP contribution < -0.4 is 0 Å². The van der Waals surface area contributed by atoms with Crippen LogP contribution in [-0.4, -0.2) is 96.7 Å². The summed E-state index contributed by atoms with van der Waals surface area (Å²) < 4.78 is 68.9. The van der Waals surface area contributed by atoms with Crippen LogP contribution in [0.3, 0.4) is 0 Å². The maximum absolute atomic E-state index is 13.1. The van der Waals surface area contributed by atoms with Crippen LogP contribution in [-0.2, 0) is 65.4 Å². The van der Waals surface area contributed by atoms with E-state index >= 15 is 0 Å². The van der Waals surface area contributed by atoms with Crippen molar-refractivity contribution < 1.29 is 80.2 Å². The first-order chi connectivity index (χ1) is 50.9. The minimum atomic E-state index is -4.97. The molecule has 19 heteroatoms. The minimum Gasteiger partial charge on any atom is -0.462 e. The number of phosphoric acid groups is 2. The molecule has 3 N–H and O–H groups in total. The van der Waals surface area contributed by atoms with Crippen molar-refractivity contribution in [3.63, 3.8) is 0 Å². The predicted octanol–water partition coefficient (Wildman–Crippen LogP) is 26.2. The molecule has 0 saturated heterocycles. The van der Waals surface area contributed by atoms with Gasteiger partial charge in [-0.05, 0) is 37.5 Å². The molecular weight excluding hydrogens is 1370 g/mol. The van der Waals surface area contributed by atoms with Gasteiger partial charge in [0.05, 0.1) is 26.4 Å². The molecule has 0 saturated carbocycles. The van der Waals surface area contributed by atoms with Gasteiger partial charge in [-0.2, -0.15) is 0 Å². The average molecular weight is 1540 g/mol. The Labute approximate surface area is 645 Å². The second kappa shape index (κ2) is 77.4. The van der Waals surface area contributed by atoms with Crippen LogP contribution in [0.1, 0.15) is 459 Å². The predicted molar refractivity (Wildman–Crippen MR) is 432 cm³/mol. The monoisotopic (exact) mass is 1540 g/mol. The highest BCUT2D eigenvalue weighted by molar-refractivity contribution is 7.47. The summed E-state index contributed by atoms with van der Waals surface area (Å²) in [5.41, 5.74) is 0. The molecule has 105 heavy (non-hydrogen) atoms. The highest BCUT2D eigenvalue weighted by Crippen LogP contribution is 2.45. The number of hydrogen-bond donors (Lipinski definition) is 3. The van der Waals surface area contributed by atoms with E-state index in [0.717, 1.165) is 108 Å². The lowest BCUT2D eigenvalue weighted by Crippen LogP contribution is -2.30. The summed E-state index contributed by atoms with van der Waals surface area (Å²) >= 11 is 0. The summed E-state index contributed by atoms with van der Waals surface area (Å²) in [5.74, 6) is -0.500. The quantitative estimate of drug-likeness (QED) is 0.0222. The van der Waals surface area contributed by atoms with Crippen molar-refractivity contribution in [2.45, 2.75) is 477 Å². The standard InChI is InChI=1S/C86H168O17P2/c1-7-11-13-15-17-19-21-23-25-29-34-37-41-45-49-56-62-68-83(88)96-74-81(102-85(90)70-65-59-51-47-43-39-35-31-28-27-30-32-36-40-44-48-54-60-66-78(5)9-3)76-100-104(92,93)98-72-80(87)73-99-105(94,95)101-77-82(75-97-84(89)69-63-57-53-52-55-61-67-79(6)10-4)103-86(91)71-64-58-50-46-42-38-33-26-24-22-20-18-16-14-12-8-2/h78-82,87H,7-77H2,1-6H3,(H,92,93)(H,94,95)/t78?,79?,80-,81-,82-/m1/s1. The fraction of sp³-hybridized carbons (Fsp3) is 0.953. The van der Waals surface area contributed by atoms with Crippen LogP contribution in [0.2, 0.25) is 0 Å². The summed E-state index contributed by atoms with van der Waals surface area (Å²) in [5, 5.41) is 10.7. The highest BCUT2D eigenvalue weighted by Gasteiger charge is 2.30. The van der Waals surface area contributed by atoms with Crippen LogP contribution >= 0.6 is 15.6 Å². The molecule has 0 aromatic heterocycles. The Hall–Kier alpha value is -1.94. The van der Waals surface area contributed by atoms with Gasteiger partial charge in [0.25, 0.3) is 0 Å². The number of aliphatic hydroxyl groups is 1. The maximum atomic E-state index is 13.1. The maximum Gasteiger partial charge on any atom is 0.472 e. The second-order valence-electron chi connectivity index (χ2n) is 31.4. The summed E-state index contributed by atoms with van der Waals surface area (Å²) in [4.78, 5) is 73.2. The molecule has 4 unspecified atom stereocenters. The van der Waals surface area contributed by atoms with Crippen molar-refractivity contribution in [3.05, 3.63) is 0 Å². The zero-order valence-corrected chi connectivity index (χ0v) is 70.8. The fourth-order valence-electron chi connectivity index (χ4n) is 13.4. The molecule has 7 atom stereocenters. The number of aliphatic hydroxyl groups excluding tert-OH is 1. The second-order valence-corrected chi connectivity index (χ2v) is 34.3. The van der Waals surface area contributed by atoms with Crippen LogP contribution in [0.4, 0.5) is 0 Å². The largest absolute Gasteiger partial charge is 0.472 e. The normalized spacial score (nSPS) is 14.3. The number of unbranched alkanes of at least 4 members (excludes halogenated alkanes) is 53. The van der Waals surface area contributed by atoms with Gasteiger partial charge in [0.1, 0.15) is 19.3 Å². The van der Waals surface area contributed by atoms with E-state index in [1.165, 1.54) is 270 Å². The first-order valence-electron chi connectivity index (χ1n) is 44.6. The fourth-order valence-corrected chi connectivity index (χ4v) is 14.9. The Balaban J connectivity index is 5.22. The molecule has 0 fully saturated rings. The third-order valence-electron chi connectivity index (χ3n) is 20.9. The van der Waals surface area contributed by atoms with E-state index in [1.807, 2.05) is 0 Å². The Bertz CT molecular complexity index is 2010. The van der Waals surface area contributed by atoms with E-state index in [-0.39, 0.29) is 25.7 Å². The van der Waals surface area contributed by atoms with E-state index in [4.69, 9.17) is 37.0 Å². The third-order valence-corrected chi connectivity index (χ3v) is 22.8. The highest BCUT2D eigenvalue weighted by atomic mass is 31.2. The average Bonchev–Trinajstić information content (AvgIpc) is 0.904. The molecular formula is C86H168O17P2. The molecule has 624 valence electrons. The van der Waals surface area contributed by atoms with E-state index in [0.29, 0.717) is 25.7 Å². The lowest BCUT2D eigenvalue weighted by atomic mass is 9.99. The molecule has 0 rings (SSSR count). The van der Waals surface area contributed by atoms with Gasteiger partial charge in [0.2, 0.25) is 0 Å². The number of rotatable bonds is 85. The van der Waals surface area contributed by atoms with Crippen molar-refractivity contribution in [3.8, 4) is 0 Å². The number of carbonyl (C=O) groups is 4. The third kappa shape index (κ3) is 77.2. The molecule has 0 spiro atoms. The van der Waals surface area contributed by atoms with Crippen molar-refractivity contribution in [1.29, 1.82) is 0 Å². The Morgan fingerprint density at radius 3 is 0.676 bits per heavy atom. The molecule has 0 aliphatic rings. The summed E-state index contributed by atoms with van der Waals surface area (Å²) in [6, 6.07) is 0. The lowest BCUT2D eigenvalue weighted by molar-refractivity contribution is -0.161. The molecule has 0 aromatic carbocycles. The van der Waals surface area contributed by atoms with Gasteiger partial charge in [-0.15, -0.1) is 0 Å². The number of carbonyl (C=O) groups excluding carboxylic acids is 4. The molecule has 0 bridgehead atoms. The molecule has 0 radical (unpaired) electrons. The van der Waals surface area contributed by atoms with Gasteiger partial charge < -0.3 is 33.8 Å². The number of esters is 4. The van der Waals surface area contributed by atoms with Crippen LogP contribution in [0.25, 0.3) is 0 Å².